The second kappa shape index (κ2) is 9.27. The van der Waals surface area contributed by atoms with E-state index in [1.807, 2.05) is 41.0 Å². The van der Waals surface area contributed by atoms with Crippen molar-refractivity contribution in [3.05, 3.63) is 76.8 Å². The Morgan fingerprint density at radius 1 is 1.12 bits per heavy atom. The van der Waals surface area contributed by atoms with E-state index in [1.54, 1.807) is 26.2 Å². The highest BCUT2D eigenvalue weighted by molar-refractivity contribution is 7.99. The van der Waals surface area contributed by atoms with Crippen molar-refractivity contribution in [1.29, 1.82) is 0 Å². The number of nitrogens with one attached hydrogen (secondary N) is 1. The van der Waals surface area contributed by atoms with Gasteiger partial charge in [0.1, 0.15) is 0 Å². The highest BCUT2D eigenvalue weighted by atomic mass is 32.2. The van der Waals surface area contributed by atoms with E-state index in [-0.39, 0.29) is 11.5 Å². The third kappa shape index (κ3) is 4.24. The van der Waals surface area contributed by atoms with Crippen LogP contribution in [-0.2, 0) is 11.3 Å². The number of methoxy groups -OCH3 is 1. The van der Waals surface area contributed by atoms with Crippen LogP contribution < -0.4 is 0 Å². The summed E-state index contributed by atoms with van der Waals surface area (Å²) in [6.45, 7) is 4.02. The predicted octanol–water partition coefficient (Wildman–Crippen LogP) is 4.29. The zero-order valence-electron chi connectivity index (χ0n) is 17.9. The van der Waals surface area contributed by atoms with Gasteiger partial charge in [0.25, 0.3) is 0 Å². The summed E-state index contributed by atoms with van der Waals surface area (Å²) in [5.74, 6) is 0.721. The van der Waals surface area contributed by atoms with Gasteiger partial charge in [0, 0.05) is 5.69 Å². The van der Waals surface area contributed by atoms with E-state index in [0.29, 0.717) is 45.8 Å². The van der Waals surface area contributed by atoms with Crippen molar-refractivity contribution in [3.8, 4) is 11.6 Å². The van der Waals surface area contributed by atoms with E-state index < -0.39 is 5.97 Å². The summed E-state index contributed by atoms with van der Waals surface area (Å²) in [6, 6.07) is 13.6. The largest absolute Gasteiger partial charge is 0.465 e. The van der Waals surface area contributed by atoms with Crippen LogP contribution in [0, 0.1) is 13.8 Å². The zero-order chi connectivity index (χ0) is 22.7. The lowest BCUT2D eigenvalue weighted by Crippen LogP contribution is -2.09. The molecule has 0 aliphatic heterocycles. The molecule has 0 aliphatic rings. The lowest BCUT2D eigenvalue weighted by Gasteiger charge is -2.09. The molecule has 0 atom stereocenters. The number of furan rings is 1. The Hall–Kier alpha value is -3.59. The molecule has 3 heterocycles. The fraction of sp³-hybridized carbons (Fsp3) is 0.217. The molecule has 0 radical (unpaired) electrons. The normalized spacial score (nSPS) is 11.0. The Balaban J connectivity index is 1.58. The molecule has 0 saturated heterocycles. The number of aromatic amines is 1. The molecule has 8 nitrogen and oxygen atoms in total. The van der Waals surface area contributed by atoms with E-state index in [1.165, 1.54) is 18.9 Å². The van der Waals surface area contributed by atoms with Crippen LogP contribution >= 0.6 is 11.8 Å². The maximum atomic E-state index is 12.9. The van der Waals surface area contributed by atoms with Crippen molar-refractivity contribution in [2.45, 2.75) is 25.5 Å². The number of hydrogen-bond donors (Lipinski definition) is 1. The van der Waals surface area contributed by atoms with E-state index in [2.05, 4.69) is 15.2 Å². The first-order valence-electron chi connectivity index (χ1n) is 9.94. The minimum atomic E-state index is -0.464. The van der Waals surface area contributed by atoms with Crippen molar-refractivity contribution in [1.82, 2.24) is 19.7 Å². The summed E-state index contributed by atoms with van der Waals surface area (Å²) in [7, 11) is 1.32. The third-order valence-corrected chi connectivity index (χ3v) is 6.05. The van der Waals surface area contributed by atoms with E-state index in [9.17, 15) is 9.59 Å². The van der Waals surface area contributed by atoms with Crippen molar-refractivity contribution in [3.63, 3.8) is 0 Å². The third-order valence-electron chi connectivity index (χ3n) is 5.08. The predicted molar refractivity (Wildman–Crippen MR) is 120 cm³/mol. The van der Waals surface area contributed by atoms with Gasteiger partial charge >= 0.3 is 5.97 Å². The summed E-state index contributed by atoms with van der Waals surface area (Å²) in [5.41, 5.74) is 3.06. The monoisotopic (exact) mass is 450 g/mol. The van der Waals surface area contributed by atoms with Crippen LogP contribution in [0.1, 0.15) is 37.7 Å². The quantitative estimate of drug-likeness (QED) is 0.243. The van der Waals surface area contributed by atoms with Gasteiger partial charge in [-0.15, -0.1) is 10.2 Å². The molecule has 0 bridgehead atoms. The van der Waals surface area contributed by atoms with Crippen LogP contribution in [0.3, 0.4) is 0 Å². The summed E-state index contributed by atoms with van der Waals surface area (Å²) < 4.78 is 12.3. The van der Waals surface area contributed by atoms with Crippen LogP contribution in [0.25, 0.3) is 11.6 Å². The van der Waals surface area contributed by atoms with Crippen molar-refractivity contribution < 1.29 is 18.7 Å². The molecule has 4 rings (SSSR count). The molecule has 3 aromatic heterocycles. The number of H-pyrrole nitrogens is 1. The number of esters is 1. The molecule has 0 saturated carbocycles. The molecule has 164 valence electrons. The smallest absolute Gasteiger partial charge is 0.339 e. The van der Waals surface area contributed by atoms with Crippen LogP contribution in [-0.4, -0.2) is 44.4 Å². The number of thioether (sulfide) groups is 1. The van der Waals surface area contributed by atoms with Gasteiger partial charge in [0.05, 0.1) is 36.9 Å². The molecule has 0 fully saturated rings. The number of ether oxygens (including phenoxy) is 1. The van der Waals surface area contributed by atoms with Gasteiger partial charge in [-0.1, -0.05) is 42.1 Å². The minimum Gasteiger partial charge on any atom is -0.465 e. The van der Waals surface area contributed by atoms with Gasteiger partial charge in [-0.2, -0.15) is 0 Å². The van der Waals surface area contributed by atoms with E-state index in [4.69, 9.17) is 9.15 Å². The number of aromatic nitrogens is 4. The number of aryl methyl sites for hydroxylation is 1. The molecule has 1 aromatic carbocycles. The zero-order valence-corrected chi connectivity index (χ0v) is 18.7. The number of carbonyl (C=O) groups excluding carboxylic acids is 2. The molecule has 9 heteroatoms. The highest BCUT2D eigenvalue weighted by Crippen LogP contribution is 2.27. The lowest BCUT2D eigenvalue weighted by molar-refractivity contribution is 0.0599. The average Bonchev–Trinajstić information content (AvgIpc) is 3.52. The Bertz CT molecular complexity index is 1240. The van der Waals surface area contributed by atoms with Crippen molar-refractivity contribution >= 4 is 23.5 Å². The number of hydrogen-bond acceptors (Lipinski definition) is 7. The lowest BCUT2D eigenvalue weighted by atomic mass is 10.1. The summed E-state index contributed by atoms with van der Waals surface area (Å²) in [6.07, 6.45) is 1.59. The molecule has 0 spiro atoms. The number of rotatable bonds is 8. The maximum Gasteiger partial charge on any atom is 0.339 e. The number of benzene rings is 1. The molecular formula is C23H22N4O4S. The van der Waals surface area contributed by atoms with Crippen LogP contribution in [0.4, 0.5) is 0 Å². The number of nitrogens with zero attached hydrogens (tertiary/aromatic N) is 3. The van der Waals surface area contributed by atoms with E-state index in [0.717, 1.165) is 5.56 Å². The first-order chi connectivity index (χ1) is 15.5. The SMILES string of the molecule is COC(=O)c1c(C)[nH]c(C(=O)CSc2nnc(-c3ccco3)n2Cc2ccccc2)c1C. The Morgan fingerprint density at radius 3 is 2.59 bits per heavy atom. The number of Topliss-reactive ketones (excluding diaryl/α,β-unsaturated/α-hetero) is 1. The van der Waals surface area contributed by atoms with Gasteiger partial charge < -0.3 is 14.1 Å². The first-order valence-corrected chi connectivity index (χ1v) is 10.9. The fourth-order valence-corrected chi connectivity index (χ4v) is 4.34. The molecule has 0 unspecified atom stereocenters. The van der Waals surface area contributed by atoms with E-state index >= 15 is 0 Å². The van der Waals surface area contributed by atoms with Gasteiger partial charge in [-0.3, -0.25) is 9.36 Å². The summed E-state index contributed by atoms with van der Waals surface area (Å²) in [5, 5.41) is 9.19. The maximum absolute atomic E-state index is 12.9. The minimum absolute atomic E-state index is 0.131. The summed E-state index contributed by atoms with van der Waals surface area (Å²) in [4.78, 5) is 28.0. The standard InChI is InChI=1S/C23H22N4O4S/c1-14-19(22(29)30-3)15(2)24-20(14)17(28)13-32-23-26-25-21(18-10-7-11-31-18)27(23)12-16-8-5-4-6-9-16/h4-11,24H,12-13H2,1-3H3. The molecule has 1 N–H and O–H groups in total. The van der Waals surface area contributed by atoms with Gasteiger partial charge in [0.2, 0.25) is 5.82 Å². The molecular weight excluding hydrogens is 428 g/mol. The number of carbonyl (C=O) groups is 2. The fourth-order valence-electron chi connectivity index (χ4n) is 3.53. The Morgan fingerprint density at radius 2 is 1.91 bits per heavy atom. The van der Waals surface area contributed by atoms with Crippen LogP contribution in [0.15, 0.2) is 58.3 Å². The molecule has 0 amide bonds. The second-order valence-electron chi connectivity index (χ2n) is 7.18. The van der Waals surface area contributed by atoms with Crippen molar-refractivity contribution in [2.75, 3.05) is 12.9 Å². The first kappa shape index (κ1) is 21.6. The van der Waals surface area contributed by atoms with Gasteiger partial charge in [-0.05, 0) is 37.1 Å². The average molecular weight is 451 g/mol. The van der Waals surface area contributed by atoms with Crippen molar-refractivity contribution in [2.24, 2.45) is 0 Å². The van der Waals surface area contributed by atoms with Crippen LogP contribution in [0.5, 0.6) is 0 Å². The van der Waals surface area contributed by atoms with Gasteiger partial charge in [0.15, 0.2) is 16.7 Å². The highest BCUT2D eigenvalue weighted by Gasteiger charge is 2.24. The number of ketones is 1. The molecule has 0 aliphatic carbocycles. The molecule has 4 aromatic rings. The Kier molecular flexibility index (Phi) is 6.27. The molecule has 32 heavy (non-hydrogen) atoms. The topological polar surface area (TPSA) is 103 Å². The second-order valence-corrected chi connectivity index (χ2v) is 8.13. The van der Waals surface area contributed by atoms with Gasteiger partial charge in [-0.25, -0.2) is 4.79 Å². The van der Waals surface area contributed by atoms with Crippen LogP contribution in [0.2, 0.25) is 0 Å². The summed E-state index contributed by atoms with van der Waals surface area (Å²) >= 11 is 1.29. The Labute approximate surface area is 189 Å².